The van der Waals surface area contributed by atoms with Crippen LogP contribution in [0.5, 0.6) is 0 Å². The number of aldehydes is 1. The van der Waals surface area contributed by atoms with Gasteiger partial charge in [0.05, 0.1) is 0 Å². The second-order valence-electron chi connectivity index (χ2n) is 6.85. The topological polar surface area (TPSA) is 148 Å². The molecule has 10 heteroatoms. The molecule has 144 valence electrons. The lowest BCUT2D eigenvalue weighted by Gasteiger charge is -2.37. The molecule has 1 aliphatic heterocycles. The van der Waals surface area contributed by atoms with Crippen molar-refractivity contribution in [2.24, 2.45) is 0 Å². The summed E-state index contributed by atoms with van der Waals surface area (Å²) in [5.74, 6) is -0.867. The highest BCUT2D eigenvalue weighted by molar-refractivity contribution is 5.82. The molecule has 0 saturated carbocycles. The average Bonchev–Trinajstić information content (AvgIpc) is 2.57. The summed E-state index contributed by atoms with van der Waals surface area (Å²) in [6.45, 7) is 5.79. The predicted octanol–water partition coefficient (Wildman–Crippen LogP) is -2.29. The molecule has 4 N–H and O–H groups in total. The third-order valence-electron chi connectivity index (χ3n) is 3.66. The molecule has 1 fully saturated rings. The molecule has 1 saturated heterocycles. The molecule has 10 nitrogen and oxygen atoms in total. The molecular formula is C15H26N2O8. The Hall–Kier alpha value is -1.75. The molecule has 1 aliphatic rings. The van der Waals surface area contributed by atoms with Gasteiger partial charge in [0.1, 0.15) is 23.9 Å². The average molecular weight is 362 g/mol. The molecular weight excluding hydrogens is 336 g/mol. The Morgan fingerprint density at radius 1 is 0.960 bits per heavy atom. The van der Waals surface area contributed by atoms with Crippen molar-refractivity contribution in [2.45, 2.75) is 50.8 Å². The number of rotatable bonds is 5. The van der Waals surface area contributed by atoms with Gasteiger partial charge in [-0.2, -0.15) is 0 Å². The van der Waals surface area contributed by atoms with Crippen LogP contribution in [0, 0.1) is 0 Å². The maximum Gasteiger partial charge on any atom is 0.410 e. The fourth-order valence-electron chi connectivity index (χ4n) is 2.24. The number of amides is 2. The summed E-state index contributed by atoms with van der Waals surface area (Å²) >= 11 is 0. The summed E-state index contributed by atoms with van der Waals surface area (Å²) in [6.07, 6.45) is -8.44. The highest BCUT2D eigenvalue weighted by atomic mass is 16.6. The minimum atomic E-state index is -2.02. The number of piperazine rings is 1. The van der Waals surface area contributed by atoms with Gasteiger partial charge < -0.3 is 39.8 Å². The molecule has 4 atom stereocenters. The van der Waals surface area contributed by atoms with Crippen LogP contribution in [-0.2, 0) is 14.3 Å². The van der Waals surface area contributed by atoms with Crippen LogP contribution in [-0.4, -0.2) is 105 Å². The largest absolute Gasteiger partial charge is 0.444 e. The first-order valence-corrected chi connectivity index (χ1v) is 7.92. The standard InChI is InChI=1S/C15H26N2O8/c1-15(2,3)25-14(24)17-6-4-16(5-7-17)13(23)12(22)11(21)10(20)9(19)8-18/h8-12,19-22H,4-7H2,1-3H3/t9-,10-,11+,12-/m1/s1. The Morgan fingerprint density at radius 2 is 1.44 bits per heavy atom. The van der Waals surface area contributed by atoms with E-state index in [1.54, 1.807) is 20.8 Å². The van der Waals surface area contributed by atoms with Crippen LogP contribution in [0.2, 0.25) is 0 Å². The van der Waals surface area contributed by atoms with Crippen LogP contribution in [0.3, 0.4) is 0 Å². The van der Waals surface area contributed by atoms with Crippen LogP contribution >= 0.6 is 0 Å². The molecule has 0 bridgehead atoms. The molecule has 0 aromatic rings. The zero-order valence-electron chi connectivity index (χ0n) is 14.5. The smallest absolute Gasteiger partial charge is 0.410 e. The van der Waals surface area contributed by atoms with E-state index in [1.807, 2.05) is 0 Å². The van der Waals surface area contributed by atoms with Crippen LogP contribution in [0.4, 0.5) is 4.79 Å². The molecule has 1 rings (SSSR count). The number of ether oxygens (including phenoxy) is 1. The van der Waals surface area contributed by atoms with E-state index in [9.17, 15) is 29.7 Å². The number of carbonyl (C=O) groups is 3. The van der Waals surface area contributed by atoms with Gasteiger partial charge in [-0.15, -0.1) is 0 Å². The second kappa shape index (κ2) is 8.56. The first-order chi connectivity index (χ1) is 11.5. The van der Waals surface area contributed by atoms with Crippen LogP contribution < -0.4 is 0 Å². The van der Waals surface area contributed by atoms with Gasteiger partial charge in [0.15, 0.2) is 12.4 Å². The quantitative estimate of drug-likeness (QED) is 0.399. The molecule has 2 amide bonds. The van der Waals surface area contributed by atoms with Crippen molar-refractivity contribution < 1.29 is 39.5 Å². The van der Waals surface area contributed by atoms with E-state index in [0.717, 1.165) is 0 Å². The van der Waals surface area contributed by atoms with Crippen LogP contribution in [0.1, 0.15) is 20.8 Å². The monoisotopic (exact) mass is 362 g/mol. The van der Waals surface area contributed by atoms with E-state index in [4.69, 9.17) is 9.84 Å². The van der Waals surface area contributed by atoms with Gasteiger partial charge in [-0.3, -0.25) is 4.79 Å². The first kappa shape index (κ1) is 21.3. The molecule has 0 radical (unpaired) electrons. The number of nitrogens with zero attached hydrogens (tertiary/aromatic N) is 2. The summed E-state index contributed by atoms with van der Waals surface area (Å²) in [6, 6.07) is 0. The summed E-state index contributed by atoms with van der Waals surface area (Å²) in [4.78, 5) is 37.1. The minimum Gasteiger partial charge on any atom is -0.444 e. The molecule has 25 heavy (non-hydrogen) atoms. The van der Waals surface area contributed by atoms with Gasteiger partial charge in [0, 0.05) is 26.2 Å². The Bertz CT molecular complexity index is 484. The Kier molecular flexibility index (Phi) is 7.29. The van der Waals surface area contributed by atoms with E-state index in [-0.39, 0.29) is 32.5 Å². The highest BCUT2D eigenvalue weighted by Gasteiger charge is 2.37. The highest BCUT2D eigenvalue weighted by Crippen LogP contribution is 2.13. The minimum absolute atomic E-state index is 0.00924. The maximum atomic E-state index is 12.2. The number of hydrogen-bond acceptors (Lipinski definition) is 8. The molecule has 0 unspecified atom stereocenters. The SMILES string of the molecule is CC(C)(C)OC(=O)N1CCN(C(=O)[C@H](O)[C@@H](O)[C@H](O)[C@H](O)C=O)CC1. The van der Waals surface area contributed by atoms with E-state index in [2.05, 4.69) is 0 Å². The molecule has 0 aromatic carbocycles. The Morgan fingerprint density at radius 3 is 1.88 bits per heavy atom. The fourth-order valence-corrected chi connectivity index (χ4v) is 2.24. The van der Waals surface area contributed by atoms with Crippen LogP contribution in [0.25, 0.3) is 0 Å². The van der Waals surface area contributed by atoms with Gasteiger partial charge in [0.2, 0.25) is 0 Å². The normalized spacial score (nSPS) is 20.4. The second-order valence-corrected chi connectivity index (χ2v) is 6.85. The van der Waals surface area contributed by atoms with Crippen molar-refractivity contribution in [3.63, 3.8) is 0 Å². The van der Waals surface area contributed by atoms with Gasteiger partial charge >= 0.3 is 6.09 Å². The lowest BCUT2D eigenvalue weighted by Crippen LogP contribution is -2.57. The molecule has 0 aliphatic carbocycles. The van der Waals surface area contributed by atoms with Crippen LogP contribution in [0.15, 0.2) is 0 Å². The third kappa shape index (κ3) is 5.92. The van der Waals surface area contributed by atoms with E-state index in [0.29, 0.717) is 0 Å². The van der Waals surface area contributed by atoms with Gasteiger partial charge in [-0.25, -0.2) is 4.79 Å². The number of hydrogen-bond donors (Lipinski definition) is 4. The van der Waals surface area contributed by atoms with Crippen molar-refractivity contribution in [1.82, 2.24) is 9.80 Å². The van der Waals surface area contributed by atoms with E-state index >= 15 is 0 Å². The fraction of sp³-hybridized carbons (Fsp3) is 0.800. The molecule has 0 aromatic heterocycles. The van der Waals surface area contributed by atoms with Gasteiger partial charge in [-0.05, 0) is 20.8 Å². The molecule has 0 spiro atoms. The third-order valence-corrected chi connectivity index (χ3v) is 3.66. The van der Waals surface area contributed by atoms with Gasteiger partial charge in [0.25, 0.3) is 5.91 Å². The van der Waals surface area contributed by atoms with Crippen molar-refractivity contribution in [2.75, 3.05) is 26.2 Å². The molecule has 1 heterocycles. The number of carbonyl (C=O) groups excluding carboxylic acids is 3. The van der Waals surface area contributed by atoms with E-state index < -0.39 is 42.0 Å². The van der Waals surface area contributed by atoms with Crippen molar-refractivity contribution >= 4 is 18.3 Å². The summed E-state index contributed by atoms with van der Waals surface area (Å²) in [7, 11) is 0. The summed E-state index contributed by atoms with van der Waals surface area (Å²) < 4.78 is 5.23. The predicted molar refractivity (Wildman–Crippen MR) is 84.5 cm³/mol. The zero-order valence-corrected chi connectivity index (χ0v) is 14.5. The lowest BCUT2D eigenvalue weighted by atomic mass is 10.0. The number of aliphatic hydroxyl groups is 4. The Labute approximate surface area is 145 Å². The van der Waals surface area contributed by atoms with Crippen molar-refractivity contribution in [3.8, 4) is 0 Å². The first-order valence-electron chi connectivity index (χ1n) is 7.92. The van der Waals surface area contributed by atoms with Crippen molar-refractivity contribution in [1.29, 1.82) is 0 Å². The summed E-state index contributed by atoms with van der Waals surface area (Å²) in [5.41, 5.74) is -0.639. The zero-order chi connectivity index (χ0) is 19.4. The van der Waals surface area contributed by atoms with Crippen molar-refractivity contribution in [3.05, 3.63) is 0 Å². The van der Waals surface area contributed by atoms with E-state index in [1.165, 1.54) is 9.80 Å². The summed E-state index contributed by atoms with van der Waals surface area (Å²) in [5, 5.41) is 38.2. The van der Waals surface area contributed by atoms with Gasteiger partial charge in [-0.1, -0.05) is 0 Å². The lowest BCUT2D eigenvalue weighted by molar-refractivity contribution is -0.159. The number of aliphatic hydroxyl groups excluding tert-OH is 4. The Balaban J connectivity index is 2.57. The maximum absolute atomic E-state index is 12.2.